The summed E-state index contributed by atoms with van der Waals surface area (Å²) in [4.78, 5) is 10.5. The summed E-state index contributed by atoms with van der Waals surface area (Å²) < 4.78 is 7.68. The molecule has 0 fully saturated rings. The van der Waals surface area contributed by atoms with Gasteiger partial charge < -0.3 is 8.98 Å². The third kappa shape index (κ3) is 3.71. The van der Waals surface area contributed by atoms with E-state index in [2.05, 4.69) is 25.1 Å². The van der Waals surface area contributed by atoms with Gasteiger partial charge in [-0.3, -0.25) is 14.9 Å². The third-order valence-electron chi connectivity index (χ3n) is 2.97. The molecule has 0 amide bonds. The average molecular weight is 316 g/mol. The summed E-state index contributed by atoms with van der Waals surface area (Å²) in [7, 11) is 3.92. The summed E-state index contributed by atoms with van der Waals surface area (Å²) >= 11 is 1.45. The lowest BCUT2D eigenvalue weighted by atomic mass is 10.3. The van der Waals surface area contributed by atoms with Crippen LogP contribution in [0.1, 0.15) is 11.5 Å². The van der Waals surface area contributed by atoms with Crippen molar-refractivity contribution in [1.82, 2.24) is 29.6 Å². The Morgan fingerprint density at radius 1 is 1.27 bits per heavy atom. The molecule has 3 heterocycles. The van der Waals surface area contributed by atoms with Crippen molar-refractivity contribution in [3.05, 3.63) is 48.5 Å². The Morgan fingerprint density at radius 3 is 2.91 bits per heavy atom. The highest BCUT2D eigenvalue weighted by Crippen LogP contribution is 2.27. The van der Waals surface area contributed by atoms with Gasteiger partial charge >= 0.3 is 0 Å². The summed E-state index contributed by atoms with van der Waals surface area (Å²) in [5.74, 6) is 0.899. The Bertz CT molecular complexity index is 726. The second-order valence-electron chi connectivity index (χ2n) is 4.92. The van der Waals surface area contributed by atoms with E-state index in [1.54, 1.807) is 24.9 Å². The van der Waals surface area contributed by atoms with Crippen LogP contribution in [0.5, 0.6) is 0 Å². The van der Waals surface area contributed by atoms with Crippen LogP contribution in [0.25, 0.3) is 0 Å². The van der Waals surface area contributed by atoms with Crippen LogP contribution in [0.15, 0.2) is 51.7 Å². The van der Waals surface area contributed by atoms with Gasteiger partial charge in [0.2, 0.25) is 0 Å². The molecule has 0 spiro atoms. The molecule has 0 N–H and O–H groups in total. The van der Waals surface area contributed by atoms with E-state index in [1.165, 1.54) is 11.8 Å². The van der Waals surface area contributed by atoms with Crippen LogP contribution in [0, 0.1) is 0 Å². The molecule has 3 rings (SSSR count). The molecule has 7 nitrogen and oxygen atoms in total. The van der Waals surface area contributed by atoms with Crippen molar-refractivity contribution in [3.63, 3.8) is 0 Å². The first kappa shape index (κ1) is 14.7. The van der Waals surface area contributed by atoms with Gasteiger partial charge in [-0.25, -0.2) is 0 Å². The number of hydrogen-bond acceptors (Lipinski definition) is 7. The van der Waals surface area contributed by atoms with E-state index in [-0.39, 0.29) is 0 Å². The van der Waals surface area contributed by atoms with Gasteiger partial charge in [-0.05, 0) is 30.9 Å². The second-order valence-corrected chi connectivity index (χ2v) is 5.89. The van der Waals surface area contributed by atoms with Crippen molar-refractivity contribution < 1.29 is 4.42 Å². The lowest BCUT2D eigenvalue weighted by Crippen LogP contribution is -2.17. The third-order valence-corrected chi connectivity index (χ3v) is 3.95. The molecule has 0 radical (unpaired) electrons. The molecule has 0 atom stereocenters. The fourth-order valence-corrected chi connectivity index (χ4v) is 2.71. The highest BCUT2D eigenvalue weighted by Gasteiger charge is 2.10. The van der Waals surface area contributed by atoms with Crippen molar-refractivity contribution in [3.8, 4) is 0 Å². The number of aromatic nitrogens is 5. The second kappa shape index (κ2) is 6.71. The molecule has 0 aliphatic heterocycles. The van der Waals surface area contributed by atoms with Crippen LogP contribution >= 0.6 is 11.8 Å². The summed E-state index contributed by atoms with van der Waals surface area (Å²) in [6.45, 7) is 1.43. The van der Waals surface area contributed by atoms with Crippen LogP contribution in [0.3, 0.4) is 0 Å². The van der Waals surface area contributed by atoms with E-state index in [0.29, 0.717) is 6.54 Å². The molecule has 0 bridgehead atoms. The molecule has 114 valence electrons. The molecular weight excluding hydrogens is 300 g/mol. The minimum absolute atomic E-state index is 0.704. The number of hydrogen-bond donors (Lipinski definition) is 0. The predicted molar refractivity (Wildman–Crippen MR) is 81.0 cm³/mol. The zero-order chi connectivity index (χ0) is 15.4. The molecule has 22 heavy (non-hydrogen) atoms. The Hall–Kier alpha value is -2.19. The molecule has 0 aliphatic rings. The maximum atomic E-state index is 5.82. The predicted octanol–water partition coefficient (Wildman–Crippen LogP) is 1.98. The monoisotopic (exact) mass is 316 g/mol. The fraction of sp³-hybridized carbons (Fsp3) is 0.286. The van der Waals surface area contributed by atoms with Gasteiger partial charge in [-0.2, -0.15) is 0 Å². The molecule has 0 saturated carbocycles. The van der Waals surface area contributed by atoms with E-state index in [1.807, 2.05) is 30.8 Å². The number of rotatable bonds is 6. The highest BCUT2D eigenvalue weighted by molar-refractivity contribution is 7.99. The van der Waals surface area contributed by atoms with E-state index in [4.69, 9.17) is 4.42 Å². The minimum atomic E-state index is 0.704. The summed E-state index contributed by atoms with van der Waals surface area (Å²) in [5.41, 5.74) is 0.935. The van der Waals surface area contributed by atoms with E-state index in [9.17, 15) is 0 Å². The van der Waals surface area contributed by atoms with E-state index in [0.717, 1.165) is 28.2 Å². The van der Waals surface area contributed by atoms with Crippen LogP contribution in [0.2, 0.25) is 0 Å². The number of nitrogens with zero attached hydrogens (tertiary/aromatic N) is 6. The normalized spacial score (nSPS) is 11.2. The lowest BCUT2D eigenvalue weighted by Gasteiger charge is -2.13. The Kier molecular flexibility index (Phi) is 4.50. The van der Waals surface area contributed by atoms with Crippen molar-refractivity contribution in [2.45, 2.75) is 23.3 Å². The van der Waals surface area contributed by atoms with Crippen LogP contribution < -0.4 is 0 Å². The van der Waals surface area contributed by atoms with Crippen molar-refractivity contribution in [2.75, 3.05) is 7.05 Å². The first-order chi connectivity index (χ1) is 10.7. The SMILES string of the molecule is CN(Cc1cnccn1)Cc1ccc(Sc2nncn2C)o1. The fourth-order valence-electron chi connectivity index (χ4n) is 1.96. The van der Waals surface area contributed by atoms with Crippen molar-refractivity contribution in [2.24, 2.45) is 7.05 Å². The van der Waals surface area contributed by atoms with Gasteiger partial charge in [0, 0.05) is 32.2 Å². The summed E-state index contributed by atoms with van der Waals surface area (Å²) in [6.07, 6.45) is 6.81. The summed E-state index contributed by atoms with van der Waals surface area (Å²) in [5, 5.41) is 9.48. The van der Waals surface area contributed by atoms with Gasteiger partial charge in [0.05, 0.1) is 12.2 Å². The first-order valence-electron chi connectivity index (χ1n) is 6.74. The van der Waals surface area contributed by atoms with Crippen LogP contribution in [0.4, 0.5) is 0 Å². The number of aryl methyl sites for hydroxylation is 1. The van der Waals surface area contributed by atoms with Gasteiger partial charge in [0.1, 0.15) is 12.1 Å². The standard InChI is InChI=1S/C14H16N6OS/c1-19(8-11-7-15-5-6-16-11)9-12-3-4-13(21-12)22-14-18-17-10-20(14)2/h3-7,10H,8-9H2,1-2H3. The quantitative estimate of drug-likeness (QED) is 0.688. The molecule has 0 saturated heterocycles. The van der Waals surface area contributed by atoms with Gasteiger partial charge in [0.15, 0.2) is 10.2 Å². The van der Waals surface area contributed by atoms with E-state index >= 15 is 0 Å². The molecule has 8 heteroatoms. The lowest BCUT2D eigenvalue weighted by molar-refractivity contribution is 0.274. The van der Waals surface area contributed by atoms with Crippen molar-refractivity contribution in [1.29, 1.82) is 0 Å². The van der Waals surface area contributed by atoms with Crippen LogP contribution in [-0.2, 0) is 20.1 Å². The zero-order valence-electron chi connectivity index (χ0n) is 12.4. The maximum Gasteiger partial charge on any atom is 0.198 e. The molecule has 3 aromatic heterocycles. The molecule has 0 aliphatic carbocycles. The first-order valence-corrected chi connectivity index (χ1v) is 7.56. The maximum absolute atomic E-state index is 5.82. The zero-order valence-corrected chi connectivity index (χ0v) is 13.2. The molecular formula is C14H16N6OS. The van der Waals surface area contributed by atoms with Crippen LogP contribution in [-0.4, -0.2) is 36.7 Å². The molecule has 3 aromatic rings. The average Bonchev–Trinajstić information content (AvgIpc) is 3.10. The molecule has 0 aromatic carbocycles. The van der Waals surface area contributed by atoms with Crippen molar-refractivity contribution >= 4 is 11.8 Å². The minimum Gasteiger partial charge on any atom is -0.453 e. The smallest absolute Gasteiger partial charge is 0.198 e. The van der Waals surface area contributed by atoms with Gasteiger partial charge in [0.25, 0.3) is 0 Å². The van der Waals surface area contributed by atoms with E-state index < -0.39 is 0 Å². The molecule has 0 unspecified atom stereocenters. The Labute approximate surface area is 132 Å². The topological polar surface area (TPSA) is 72.9 Å². The number of furan rings is 1. The largest absolute Gasteiger partial charge is 0.453 e. The summed E-state index contributed by atoms with van der Waals surface area (Å²) in [6, 6.07) is 3.93. The van der Waals surface area contributed by atoms with Gasteiger partial charge in [-0.15, -0.1) is 10.2 Å². The highest BCUT2D eigenvalue weighted by atomic mass is 32.2. The Balaban J connectivity index is 1.58. The Morgan fingerprint density at radius 2 is 2.18 bits per heavy atom. The van der Waals surface area contributed by atoms with Gasteiger partial charge in [-0.1, -0.05) is 0 Å².